The first-order valence-electron chi connectivity index (χ1n) is 7.03. The molecule has 0 saturated heterocycles. The third-order valence-electron chi connectivity index (χ3n) is 3.30. The van der Waals surface area contributed by atoms with Crippen LogP contribution in [0.25, 0.3) is 0 Å². The predicted molar refractivity (Wildman–Crippen MR) is 81.4 cm³/mol. The number of amides is 1. The lowest BCUT2D eigenvalue weighted by Crippen LogP contribution is -2.39. The van der Waals surface area contributed by atoms with E-state index in [4.69, 9.17) is 0 Å². The normalized spacial score (nSPS) is 13.1. The number of hydrogen-bond donors (Lipinski definition) is 2. The molecule has 1 atom stereocenters. The average Bonchev–Trinajstić information content (AvgIpc) is 2.32. The minimum absolute atomic E-state index is 0.0244. The summed E-state index contributed by atoms with van der Waals surface area (Å²) in [5, 5.41) is 16.6. The molecule has 0 spiro atoms. The fourth-order valence-corrected chi connectivity index (χ4v) is 2.19. The number of nitrogens with zero attached hydrogens (tertiary/aromatic N) is 2. The quantitative estimate of drug-likeness (QED) is 0.865. The van der Waals surface area contributed by atoms with Crippen LogP contribution in [0.3, 0.4) is 0 Å². The second kappa shape index (κ2) is 6.39. The lowest BCUT2D eigenvalue weighted by Gasteiger charge is -2.22. The van der Waals surface area contributed by atoms with Gasteiger partial charge in [-0.3, -0.25) is 9.59 Å². The third kappa shape index (κ3) is 4.67. The molecule has 0 fully saturated rings. The number of hydrogen-bond acceptors (Lipinski definition) is 4. The second-order valence-electron chi connectivity index (χ2n) is 6.64. The van der Waals surface area contributed by atoms with Crippen molar-refractivity contribution in [3.8, 4) is 0 Å². The lowest BCUT2D eigenvalue weighted by molar-refractivity contribution is 0.0865. The highest BCUT2D eigenvalue weighted by Gasteiger charge is 2.20. The molecule has 1 aromatic rings. The van der Waals surface area contributed by atoms with Crippen LogP contribution in [0.4, 0.5) is 0 Å². The Balaban J connectivity index is 2.85. The summed E-state index contributed by atoms with van der Waals surface area (Å²) in [6.45, 7) is 9.63. The Hall–Kier alpha value is -1.69. The molecule has 0 aliphatic rings. The summed E-state index contributed by atoms with van der Waals surface area (Å²) in [7, 11) is 1.51. The van der Waals surface area contributed by atoms with Crippen LogP contribution < -0.4 is 10.9 Å². The number of rotatable bonds is 4. The van der Waals surface area contributed by atoms with E-state index in [1.807, 2.05) is 20.8 Å². The SMILES string of the molecule is Cc1nn(C)c(=O)c(C(=O)NCC(O)CC(C)(C)C)c1C. The predicted octanol–water partition coefficient (Wildman–Crippen LogP) is 0.924. The van der Waals surface area contributed by atoms with Crippen LogP contribution in [-0.4, -0.2) is 33.4 Å². The Morgan fingerprint density at radius 3 is 2.48 bits per heavy atom. The van der Waals surface area contributed by atoms with Crippen molar-refractivity contribution in [2.45, 2.75) is 47.1 Å². The van der Waals surface area contributed by atoms with Gasteiger partial charge in [-0.1, -0.05) is 20.8 Å². The Labute approximate surface area is 125 Å². The van der Waals surface area contributed by atoms with Crippen molar-refractivity contribution in [2.24, 2.45) is 12.5 Å². The van der Waals surface area contributed by atoms with Gasteiger partial charge in [0, 0.05) is 13.6 Å². The maximum atomic E-state index is 12.2. The number of nitrogens with one attached hydrogen (secondary N) is 1. The van der Waals surface area contributed by atoms with E-state index in [1.54, 1.807) is 13.8 Å². The van der Waals surface area contributed by atoms with Gasteiger partial charge in [0.1, 0.15) is 5.56 Å². The second-order valence-corrected chi connectivity index (χ2v) is 6.64. The Morgan fingerprint density at radius 2 is 1.95 bits per heavy atom. The van der Waals surface area contributed by atoms with Gasteiger partial charge in [-0.15, -0.1) is 0 Å². The standard InChI is InChI=1S/C15H25N3O3/c1-9-10(2)17-18(6)14(21)12(9)13(20)16-8-11(19)7-15(3,4)5/h11,19H,7-8H2,1-6H3,(H,16,20). The molecule has 1 amide bonds. The van der Waals surface area contributed by atoms with Crippen molar-refractivity contribution in [3.05, 3.63) is 27.2 Å². The van der Waals surface area contributed by atoms with Gasteiger partial charge < -0.3 is 10.4 Å². The molecule has 118 valence electrons. The maximum absolute atomic E-state index is 12.2. The van der Waals surface area contributed by atoms with Gasteiger partial charge in [0.05, 0.1) is 11.8 Å². The molecule has 0 bridgehead atoms. The summed E-state index contributed by atoms with van der Waals surface area (Å²) < 4.78 is 1.16. The van der Waals surface area contributed by atoms with Gasteiger partial charge in [0.15, 0.2) is 0 Å². The molecule has 1 aromatic heterocycles. The van der Waals surface area contributed by atoms with Gasteiger partial charge >= 0.3 is 0 Å². The highest BCUT2D eigenvalue weighted by molar-refractivity contribution is 5.95. The molecule has 0 saturated carbocycles. The van der Waals surface area contributed by atoms with E-state index >= 15 is 0 Å². The fourth-order valence-electron chi connectivity index (χ4n) is 2.19. The molecule has 0 aliphatic carbocycles. The molecular weight excluding hydrogens is 270 g/mol. The van der Waals surface area contributed by atoms with Crippen LogP contribution >= 0.6 is 0 Å². The van der Waals surface area contributed by atoms with Gasteiger partial charge in [-0.2, -0.15) is 5.10 Å². The molecule has 6 heteroatoms. The third-order valence-corrected chi connectivity index (χ3v) is 3.30. The molecule has 0 radical (unpaired) electrons. The van der Waals surface area contributed by atoms with E-state index in [0.717, 1.165) is 4.68 Å². The molecule has 1 rings (SSSR count). The molecule has 1 unspecified atom stereocenters. The molecule has 2 N–H and O–H groups in total. The fraction of sp³-hybridized carbons (Fsp3) is 0.667. The maximum Gasteiger partial charge on any atom is 0.279 e. The van der Waals surface area contributed by atoms with E-state index in [0.29, 0.717) is 17.7 Å². The van der Waals surface area contributed by atoms with E-state index < -0.39 is 17.6 Å². The summed E-state index contributed by atoms with van der Waals surface area (Å²) in [6, 6.07) is 0. The highest BCUT2D eigenvalue weighted by atomic mass is 16.3. The minimum atomic E-state index is -0.638. The molecule has 0 aliphatic heterocycles. The summed E-state index contributed by atoms with van der Waals surface area (Å²) in [4.78, 5) is 24.2. The van der Waals surface area contributed by atoms with Crippen LogP contribution in [-0.2, 0) is 7.05 Å². The molecular formula is C15H25N3O3. The Kier molecular flexibility index (Phi) is 5.28. The summed E-state index contributed by atoms with van der Waals surface area (Å²) in [5.74, 6) is -0.466. The monoisotopic (exact) mass is 295 g/mol. The molecule has 6 nitrogen and oxygen atoms in total. The number of carbonyl (C=O) groups is 1. The van der Waals surface area contributed by atoms with Crippen LogP contribution in [0.15, 0.2) is 4.79 Å². The molecule has 1 heterocycles. The molecule has 21 heavy (non-hydrogen) atoms. The number of aliphatic hydroxyl groups is 1. The Bertz CT molecular complexity index is 585. The zero-order valence-electron chi connectivity index (χ0n) is 13.6. The van der Waals surface area contributed by atoms with E-state index in [-0.39, 0.29) is 17.5 Å². The van der Waals surface area contributed by atoms with Crippen molar-refractivity contribution >= 4 is 5.91 Å². The zero-order valence-corrected chi connectivity index (χ0v) is 13.6. The first-order valence-corrected chi connectivity index (χ1v) is 7.03. The molecule has 0 aromatic carbocycles. The average molecular weight is 295 g/mol. The number of aryl methyl sites for hydroxylation is 2. The smallest absolute Gasteiger partial charge is 0.279 e. The summed E-state index contributed by atoms with van der Waals surface area (Å²) >= 11 is 0. The van der Waals surface area contributed by atoms with E-state index in [9.17, 15) is 14.7 Å². The van der Waals surface area contributed by atoms with Crippen molar-refractivity contribution < 1.29 is 9.90 Å². The lowest BCUT2D eigenvalue weighted by atomic mass is 9.89. The van der Waals surface area contributed by atoms with Gasteiger partial charge in [0.25, 0.3) is 11.5 Å². The summed E-state index contributed by atoms with van der Waals surface area (Å²) in [5.41, 5.74) is 0.843. The minimum Gasteiger partial charge on any atom is -0.391 e. The van der Waals surface area contributed by atoms with Crippen LogP contribution in [0.2, 0.25) is 0 Å². The van der Waals surface area contributed by atoms with Crippen molar-refractivity contribution in [1.82, 2.24) is 15.1 Å². The Morgan fingerprint density at radius 1 is 1.38 bits per heavy atom. The first kappa shape index (κ1) is 17.4. The number of carbonyl (C=O) groups excluding carboxylic acids is 1. The van der Waals surface area contributed by atoms with Gasteiger partial charge in [0.2, 0.25) is 0 Å². The topological polar surface area (TPSA) is 84.2 Å². The van der Waals surface area contributed by atoms with Crippen LogP contribution in [0.1, 0.15) is 48.8 Å². The van der Waals surface area contributed by atoms with E-state index in [2.05, 4.69) is 10.4 Å². The first-order chi connectivity index (χ1) is 9.53. The van der Waals surface area contributed by atoms with Crippen LogP contribution in [0.5, 0.6) is 0 Å². The largest absolute Gasteiger partial charge is 0.391 e. The number of aliphatic hydroxyl groups excluding tert-OH is 1. The van der Waals surface area contributed by atoms with E-state index in [1.165, 1.54) is 7.05 Å². The number of aromatic nitrogens is 2. The highest BCUT2D eigenvalue weighted by Crippen LogP contribution is 2.20. The van der Waals surface area contributed by atoms with Gasteiger partial charge in [-0.05, 0) is 31.2 Å². The van der Waals surface area contributed by atoms with Crippen molar-refractivity contribution in [3.63, 3.8) is 0 Å². The summed E-state index contributed by atoms with van der Waals surface area (Å²) in [6.07, 6.45) is -0.0688. The van der Waals surface area contributed by atoms with Gasteiger partial charge in [-0.25, -0.2) is 4.68 Å². The zero-order chi connectivity index (χ0) is 16.4. The van der Waals surface area contributed by atoms with Crippen LogP contribution in [0, 0.1) is 19.3 Å². The van der Waals surface area contributed by atoms with Crippen molar-refractivity contribution in [1.29, 1.82) is 0 Å². The van der Waals surface area contributed by atoms with Crippen molar-refractivity contribution in [2.75, 3.05) is 6.54 Å².